The molecule has 1 N–H and O–H groups in total. The van der Waals surface area contributed by atoms with Crippen molar-refractivity contribution in [3.05, 3.63) is 95.7 Å². The Morgan fingerprint density at radius 1 is 0.931 bits per heavy atom. The molecule has 1 heterocycles. The number of hydrogen-bond donors (Lipinski definition) is 1. The Labute approximate surface area is 174 Å². The third kappa shape index (κ3) is 4.46. The van der Waals surface area contributed by atoms with Crippen LogP contribution in [0.2, 0.25) is 0 Å². The van der Waals surface area contributed by atoms with E-state index in [4.69, 9.17) is 0 Å². The van der Waals surface area contributed by atoms with E-state index in [9.17, 15) is 4.79 Å². The number of carbonyl (C=O) groups is 1. The first-order valence-corrected chi connectivity index (χ1v) is 10.3. The topological polar surface area (TPSA) is 54.9 Å². The number of hydrogen-bond acceptors (Lipinski definition) is 4. The smallest absolute Gasteiger partial charge is 0.242 e. The van der Waals surface area contributed by atoms with Crippen molar-refractivity contribution in [2.24, 2.45) is 0 Å². The summed E-state index contributed by atoms with van der Waals surface area (Å²) in [6, 6.07) is 23.6. The van der Waals surface area contributed by atoms with E-state index in [0.29, 0.717) is 5.03 Å². The van der Waals surface area contributed by atoms with Crippen molar-refractivity contribution in [3.63, 3.8) is 0 Å². The van der Waals surface area contributed by atoms with Crippen LogP contribution in [-0.2, 0) is 4.79 Å². The Balaban J connectivity index is 1.65. The number of thioether (sulfide) groups is 1. The van der Waals surface area contributed by atoms with Crippen molar-refractivity contribution in [1.29, 1.82) is 0 Å². The molecule has 0 saturated heterocycles. The average Bonchev–Trinajstić information content (AvgIpc) is 2.75. The molecule has 4 aromatic rings. The van der Waals surface area contributed by atoms with Crippen LogP contribution in [-0.4, -0.2) is 15.9 Å². The number of para-hydroxylation sites is 2. The first kappa shape index (κ1) is 19.2. The second kappa shape index (κ2) is 8.45. The molecular weight excluding hydrogens is 378 g/mol. The molecule has 0 spiro atoms. The highest BCUT2D eigenvalue weighted by Gasteiger charge is 2.23. The molecule has 0 aliphatic carbocycles. The van der Waals surface area contributed by atoms with Gasteiger partial charge in [0, 0.05) is 5.69 Å². The van der Waals surface area contributed by atoms with Gasteiger partial charge >= 0.3 is 0 Å². The number of aryl methyl sites for hydroxylation is 2. The molecule has 4 nitrogen and oxygen atoms in total. The lowest BCUT2D eigenvalue weighted by Gasteiger charge is -2.18. The number of rotatable bonds is 5. The zero-order valence-corrected chi connectivity index (χ0v) is 17.1. The van der Waals surface area contributed by atoms with E-state index >= 15 is 0 Å². The predicted octanol–water partition coefficient (Wildman–Crippen LogP) is 5.72. The Morgan fingerprint density at radius 3 is 2.45 bits per heavy atom. The molecule has 1 unspecified atom stereocenters. The molecule has 5 heteroatoms. The van der Waals surface area contributed by atoms with Crippen LogP contribution in [0.4, 0.5) is 5.69 Å². The molecule has 1 atom stereocenters. The van der Waals surface area contributed by atoms with E-state index in [0.717, 1.165) is 33.4 Å². The van der Waals surface area contributed by atoms with Crippen LogP contribution < -0.4 is 5.32 Å². The normalized spacial score (nSPS) is 11.9. The minimum absolute atomic E-state index is 0.0788. The molecule has 0 aliphatic heterocycles. The monoisotopic (exact) mass is 399 g/mol. The quantitative estimate of drug-likeness (QED) is 0.436. The zero-order chi connectivity index (χ0) is 20.2. The standard InChI is InChI=1S/C24H21N3OS/c1-16-12-13-17(2)21(14-16)27-24(28)23(18-8-4-3-5-9-18)29-22-15-25-19-10-6-7-11-20(19)26-22/h3-15,23H,1-2H3,(H,27,28). The number of anilines is 1. The van der Waals surface area contributed by atoms with Gasteiger partial charge in [0.15, 0.2) is 0 Å². The Hall–Kier alpha value is -3.18. The van der Waals surface area contributed by atoms with Crippen LogP contribution in [0, 0.1) is 13.8 Å². The summed E-state index contributed by atoms with van der Waals surface area (Å²) in [6.45, 7) is 4.01. The van der Waals surface area contributed by atoms with Gasteiger partial charge in [-0.2, -0.15) is 0 Å². The average molecular weight is 400 g/mol. The van der Waals surface area contributed by atoms with E-state index in [1.54, 1.807) is 6.20 Å². The number of nitrogens with one attached hydrogen (secondary N) is 1. The van der Waals surface area contributed by atoms with Gasteiger partial charge in [0.05, 0.1) is 17.2 Å². The number of benzene rings is 3. The molecule has 4 rings (SSSR count). The first-order valence-electron chi connectivity index (χ1n) is 9.42. The fraction of sp³-hybridized carbons (Fsp3) is 0.125. The van der Waals surface area contributed by atoms with Crippen LogP contribution in [0.1, 0.15) is 21.9 Å². The van der Waals surface area contributed by atoms with Gasteiger partial charge in [-0.05, 0) is 48.7 Å². The summed E-state index contributed by atoms with van der Waals surface area (Å²) in [5.74, 6) is -0.0788. The third-order valence-electron chi connectivity index (χ3n) is 4.66. The van der Waals surface area contributed by atoms with Crippen molar-refractivity contribution < 1.29 is 4.79 Å². The third-order valence-corrected chi connectivity index (χ3v) is 5.82. The van der Waals surface area contributed by atoms with E-state index in [1.165, 1.54) is 11.8 Å². The lowest BCUT2D eigenvalue weighted by Crippen LogP contribution is -2.19. The van der Waals surface area contributed by atoms with E-state index < -0.39 is 5.25 Å². The number of fused-ring (bicyclic) bond motifs is 1. The Bertz CT molecular complexity index is 1160. The van der Waals surface area contributed by atoms with Gasteiger partial charge in [0.1, 0.15) is 10.3 Å². The molecule has 29 heavy (non-hydrogen) atoms. The van der Waals surface area contributed by atoms with Crippen LogP contribution in [0.15, 0.2) is 84.0 Å². The van der Waals surface area contributed by atoms with Gasteiger partial charge in [0.25, 0.3) is 0 Å². The minimum atomic E-state index is -0.438. The SMILES string of the molecule is Cc1ccc(C)c(NC(=O)C(Sc2cnc3ccccc3n2)c2ccccc2)c1. The Morgan fingerprint density at radius 2 is 1.66 bits per heavy atom. The maximum atomic E-state index is 13.3. The van der Waals surface area contributed by atoms with Crippen LogP contribution in [0.5, 0.6) is 0 Å². The molecule has 1 aromatic heterocycles. The van der Waals surface area contributed by atoms with Gasteiger partial charge in [-0.3, -0.25) is 9.78 Å². The molecule has 1 amide bonds. The minimum Gasteiger partial charge on any atom is -0.325 e. The molecule has 0 saturated carbocycles. The lowest BCUT2D eigenvalue weighted by atomic mass is 10.1. The molecule has 0 aliphatic rings. The molecule has 0 fully saturated rings. The largest absolute Gasteiger partial charge is 0.325 e. The van der Waals surface area contributed by atoms with Crippen LogP contribution in [0.25, 0.3) is 11.0 Å². The van der Waals surface area contributed by atoms with E-state index in [-0.39, 0.29) is 5.91 Å². The first-order chi connectivity index (χ1) is 14.1. The summed E-state index contributed by atoms with van der Waals surface area (Å²) in [6.07, 6.45) is 1.73. The van der Waals surface area contributed by atoms with Crippen molar-refractivity contribution in [1.82, 2.24) is 9.97 Å². The molecule has 144 valence electrons. The van der Waals surface area contributed by atoms with E-state index in [2.05, 4.69) is 15.3 Å². The summed E-state index contributed by atoms with van der Waals surface area (Å²) >= 11 is 1.41. The van der Waals surface area contributed by atoms with Crippen molar-refractivity contribution in [3.8, 4) is 0 Å². The van der Waals surface area contributed by atoms with Crippen LogP contribution >= 0.6 is 11.8 Å². The number of carbonyl (C=O) groups excluding carboxylic acids is 1. The summed E-state index contributed by atoms with van der Waals surface area (Å²) in [4.78, 5) is 22.4. The second-order valence-corrected chi connectivity index (χ2v) is 8.04. The van der Waals surface area contributed by atoms with Crippen molar-refractivity contribution in [2.75, 3.05) is 5.32 Å². The van der Waals surface area contributed by atoms with E-state index in [1.807, 2.05) is 86.6 Å². The highest BCUT2D eigenvalue weighted by atomic mass is 32.2. The fourth-order valence-corrected chi connectivity index (χ4v) is 4.05. The summed E-state index contributed by atoms with van der Waals surface area (Å²) in [5.41, 5.74) is 5.56. The summed E-state index contributed by atoms with van der Waals surface area (Å²) < 4.78 is 0. The highest BCUT2D eigenvalue weighted by Crippen LogP contribution is 2.36. The second-order valence-electron chi connectivity index (χ2n) is 6.91. The fourth-order valence-electron chi connectivity index (χ4n) is 3.09. The van der Waals surface area contributed by atoms with Gasteiger partial charge in [-0.15, -0.1) is 0 Å². The lowest BCUT2D eigenvalue weighted by molar-refractivity contribution is -0.115. The zero-order valence-electron chi connectivity index (χ0n) is 16.3. The maximum Gasteiger partial charge on any atom is 0.242 e. The molecule has 0 radical (unpaired) electrons. The molecular formula is C24H21N3OS. The molecule has 0 bridgehead atoms. The summed E-state index contributed by atoms with van der Waals surface area (Å²) in [7, 11) is 0. The van der Waals surface area contributed by atoms with Crippen LogP contribution in [0.3, 0.4) is 0 Å². The number of aromatic nitrogens is 2. The predicted molar refractivity (Wildman–Crippen MR) is 119 cm³/mol. The number of nitrogens with zero attached hydrogens (tertiary/aromatic N) is 2. The Kier molecular flexibility index (Phi) is 5.58. The van der Waals surface area contributed by atoms with Gasteiger partial charge < -0.3 is 5.32 Å². The van der Waals surface area contributed by atoms with Gasteiger partial charge in [-0.1, -0.05) is 66.4 Å². The maximum absolute atomic E-state index is 13.3. The van der Waals surface area contributed by atoms with Crippen molar-refractivity contribution in [2.45, 2.75) is 24.1 Å². The number of amides is 1. The van der Waals surface area contributed by atoms with Crippen molar-refractivity contribution >= 4 is 34.4 Å². The van der Waals surface area contributed by atoms with Gasteiger partial charge in [-0.25, -0.2) is 4.98 Å². The van der Waals surface area contributed by atoms with Gasteiger partial charge in [0.2, 0.25) is 5.91 Å². The summed E-state index contributed by atoms with van der Waals surface area (Å²) in [5, 5.41) is 3.38. The highest BCUT2D eigenvalue weighted by molar-refractivity contribution is 8.00. The molecule has 3 aromatic carbocycles.